The first-order chi connectivity index (χ1) is 12.3. The number of thiophene rings is 1. The monoisotopic (exact) mass is 474 g/mol. The van der Waals surface area contributed by atoms with Crippen molar-refractivity contribution in [2.75, 3.05) is 13.6 Å². The van der Waals surface area contributed by atoms with E-state index in [-0.39, 0.29) is 11.8 Å². The van der Waals surface area contributed by atoms with Crippen molar-refractivity contribution in [1.29, 1.82) is 0 Å². The third-order valence-electron chi connectivity index (χ3n) is 4.30. The zero-order chi connectivity index (χ0) is 18.8. The second-order valence-electron chi connectivity index (χ2n) is 6.24. The molecule has 0 radical (unpaired) electrons. The molecule has 1 fully saturated rings. The first-order valence-electron chi connectivity index (χ1n) is 8.10. The third kappa shape index (κ3) is 4.42. The third-order valence-corrected chi connectivity index (χ3v) is 6.42. The fraction of sp³-hybridized carbons (Fsp3) is 0.333. The van der Waals surface area contributed by atoms with E-state index in [1.54, 1.807) is 46.4 Å². The van der Waals surface area contributed by atoms with Crippen LogP contribution in [0, 0.1) is 0 Å². The standard InChI is InChI=1S/C18H17BrCl2N2O2S/c1-22(9-15-7-12(19)10-26-15)18(25)16-3-2-4-23(16)17(24)11-5-13(20)8-14(21)6-11/h5-8,10,16H,2-4,9H2,1H3. The molecule has 1 unspecified atom stereocenters. The van der Waals surface area contributed by atoms with E-state index in [0.717, 1.165) is 15.8 Å². The molecule has 138 valence electrons. The highest BCUT2D eigenvalue weighted by Crippen LogP contribution is 2.26. The molecule has 2 amide bonds. The summed E-state index contributed by atoms with van der Waals surface area (Å²) in [6, 6.07) is 6.30. The number of carbonyl (C=O) groups is 2. The molecule has 1 aromatic carbocycles. The van der Waals surface area contributed by atoms with Crippen LogP contribution < -0.4 is 0 Å². The number of likely N-dealkylation sites (N-methyl/N-ethyl adjacent to an activating group) is 1. The molecule has 1 aliphatic rings. The van der Waals surface area contributed by atoms with Crippen LogP contribution in [0.5, 0.6) is 0 Å². The van der Waals surface area contributed by atoms with E-state index in [9.17, 15) is 9.59 Å². The largest absolute Gasteiger partial charge is 0.339 e. The van der Waals surface area contributed by atoms with E-state index in [1.807, 2.05) is 11.4 Å². The van der Waals surface area contributed by atoms with Crippen molar-refractivity contribution in [1.82, 2.24) is 9.80 Å². The summed E-state index contributed by atoms with van der Waals surface area (Å²) >= 11 is 17.0. The van der Waals surface area contributed by atoms with Gasteiger partial charge in [0, 0.05) is 43.9 Å². The minimum atomic E-state index is -0.450. The molecule has 8 heteroatoms. The molecule has 0 bridgehead atoms. The summed E-state index contributed by atoms with van der Waals surface area (Å²) in [6.45, 7) is 1.08. The van der Waals surface area contributed by atoms with Crippen molar-refractivity contribution < 1.29 is 9.59 Å². The fourth-order valence-corrected chi connectivity index (χ4v) is 5.14. The zero-order valence-corrected chi connectivity index (χ0v) is 18.0. The molecule has 1 aliphatic heterocycles. The normalized spacial score (nSPS) is 16.8. The lowest BCUT2D eigenvalue weighted by molar-refractivity contribution is -0.134. The molecule has 1 atom stereocenters. The van der Waals surface area contributed by atoms with E-state index in [2.05, 4.69) is 15.9 Å². The molecule has 2 heterocycles. The summed E-state index contributed by atoms with van der Waals surface area (Å²) in [4.78, 5) is 30.2. The summed E-state index contributed by atoms with van der Waals surface area (Å²) in [7, 11) is 1.77. The lowest BCUT2D eigenvalue weighted by atomic mass is 10.1. The lowest BCUT2D eigenvalue weighted by Gasteiger charge is -2.28. The molecule has 2 aromatic rings. The number of hydrogen-bond donors (Lipinski definition) is 0. The van der Waals surface area contributed by atoms with Gasteiger partial charge in [0.25, 0.3) is 5.91 Å². The van der Waals surface area contributed by atoms with Gasteiger partial charge in [-0.25, -0.2) is 0 Å². The Morgan fingerprint density at radius 3 is 2.58 bits per heavy atom. The van der Waals surface area contributed by atoms with E-state index < -0.39 is 6.04 Å². The number of rotatable bonds is 4. The Morgan fingerprint density at radius 2 is 1.96 bits per heavy atom. The van der Waals surface area contributed by atoms with E-state index in [4.69, 9.17) is 23.2 Å². The molecule has 0 N–H and O–H groups in total. The summed E-state index contributed by atoms with van der Waals surface area (Å²) < 4.78 is 1.01. The predicted octanol–water partition coefficient (Wildman–Crippen LogP) is 5.08. The predicted molar refractivity (Wildman–Crippen MR) is 109 cm³/mol. The van der Waals surface area contributed by atoms with Crippen LogP contribution in [-0.4, -0.2) is 41.2 Å². The molecule has 3 rings (SSSR count). The molecular weight excluding hydrogens is 459 g/mol. The number of carbonyl (C=O) groups excluding carboxylic acids is 2. The number of benzene rings is 1. The summed E-state index contributed by atoms with van der Waals surface area (Å²) in [5, 5.41) is 2.80. The van der Waals surface area contributed by atoms with Crippen molar-refractivity contribution in [2.45, 2.75) is 25.4 Å². The van der Waals surface area contributed by atoms with E-state index in [0.29, 0.717) is 35.1 Å². The number of amides is 2. The van der Waals surface area contributed by atoms with Crippen molar-refractivity contribution >= 4 is 62.3 Å². The van der Waals surface area contributed by atoms with Gasteiger partial charge in [0.15, 0.2) is 0 Å². The second kappa shape index (κ2) is 8.30. The summed E-state index contributed by atoms with van der Waals surface area (Å²) in [5.41, 5.74) is 0.409. The molecule has 0 saturated carbocycles. The fourth-order valence-electron chi connectivity index (χ4n) is 3.11. The average molecular weight is 476 g/mol. The Balaban J connectivity index is 1.74. The molecule has 1 saturated heterocycles. The van der Waals surface area contributed by atoms with Crippen LogP contribution in [-0.2, 0) is 11.3 Å². The Bertz CT molecular complexity index is 822. The van der Waals surface area contributed by atoms with Gasteiger partial charge in [-0.2, -0.15) is 0 Å². The minimum absolute atomic E-state index is 0.0477. The van der Waals surface area contributed by atoms with Gasteiger partial charge >= 0.3 is 0 Å². The molecular formula is C18H17BrCl2N2O2S. The molecule has 26 heavy (non-hydrogen) atoms. The minimum Gasteiger partial charge on any atom is -0.339 e. The Morgan fingerprint density at radius 1 is 1.27 bits per heavy atom. The first-order valence-corrected chi connectivity index (χ1v) is 10.5. The van der Waals surface area contributed by atoms with E-state index >= 15 is 0 Å². The van der Waals surface area contributed by atoms with Gasteiger partial charge in [-0.3, -0.25) is 9.59 Å². The van der Waals surface area contributed by atoms with Gasteiger partial charge in [-0.15, -0.1) is 11.3 Å². The van der Waals surface area contributed by atoms with Gasteiger partial charge in [-0.1, -0.05) is 23.2 Å². The van der Waals surface area contributed by atoms with Crippen LogP contribution in [0.15, 0.2) is 34.1 Å². The summed E-state index contributed by atoms with van der Waals surface area (Å²) in [5.74, 6) is -0.258. The highest BCUT2D eigenvalue weighted by atomic mass is 79.9. The van der Waals surface area contributed by atoms with Crippen molar-refractivity contribution in [3.63, 3.8) is 0 Å². The molecule has 0 aliphatic carbocycles. The molecule has 1 aromatic heterocycles. The Hall–Kier alpha value is -1.08. The second-order valence-corrected chi connectivity index (χ2v) is 9.02. The molecule has 0 spiro atoms. The number of nitrogens with zero attached hydrogens (tertiary/aromatic N) is 2. The van der Waals surface area contributed by atoms with Gasteiger partial charge in [0.2, 0.25) is 5.91 Å². The van der Waals surface area contributed by atoms with Crippen LogP contribution in [0.2, 0.25) is 10.0 Å². The van der Waals surface area contributed by atoms with Crippen LogP contribution >= 0.6 is 50.5 Å². The van der Waals surface area contributed by atoms with Crippen molar-refractivity contribution in [2.24, 2.45) is 0 Å². The lowest BCUT2D eigenvalue weighted by Crippen LogP contribution is -2.46. The van der Waals surface area contributed by atoms with E-state index in [1.165, 1.54) is 0 Å². The Kier molecular flexibility index (Phi) is 6.28. The topological polar surface area (TPSA) is 40.6 Å². The van der Waals surface area contributed by atoms with Gasteiger partial charge in [-0.05, 0) is 53.0 Å². The maximum absolute atomic E-state index is 12.9. The van der Waals surface area contributed by atoms with Crippen LogP contribution in [0.25, 0.3) is 0 Å². The first kappa shape index (κ1) is 19.7. The highest BCUT2D eigenvalue weighted by molar-refractivity contribution is 9.10. The number of hydrogen-bond acceptors (Lipinski definition) is 3. The van der Waals surface area contributed by atoms with Crippen molar-refractivity contribution in [3.8, 4) is 0 Å². The summed E-state index contributed by atoms with van der Waals surface area (Å²) in [6.07, 6.45) is 1.46. The Labute approximate surface area is 174 Å². The average Bonchev–Trinajstić information content (AvgIpc) is 3.21. The maximum atomic E-state index is 12.9. The van der Waals surface area contributed by atoms with Crippen LogP contribution in [0.1, 0.15) is 28.1 Å². The van der Waals surface area contributed by atoms with Gasteiger partial charge in [0.05, 0.1) is 6.54 Å². The van der Waals surface area contributed by atoms with Crippen LogP contribution in [0.4, 0.5) is 0 Å². The van der Waals surface area contributed by atoms with Crippen molar-refractivity contribution in [3.05, 3.63) is 54.6 Å². The highest BCUT2D eigenvalue weighted by Gasteiger charge is 2.36. The van der Waals surface area contributed by atoms with Gasteiger partial charge < -0.3 is 9.80 Å². The number of likely N-dealkylation sites (tertiary alicyclic amines) is 1. The smallest absolute Gasteiger partial charge is 0.254 e. The number of halogens is 3. The quantitative estimate of drug-likeness (QED) is 0.618. The zero-order valence-electron chi connectivity index (χ0n) is 14.0. The molecule has 4 nitrogen and oxygen atoms in total. The maximum Gasteiger partial charge on any atom is 0.254 e. The van der Waals surface area contributed by atoms with Gasteiger partial charge in [0.1, 0.15) is 6.04 Å². The SMILES string of the molecule is CN(Cc1cc(Br)cs1)C(=O)C1CCCN1C(=O)c1cc(Cl)cc(Cl)c1. The van der Waals surface area contributed by atoms with Crippen LogP contribution in [0.3, 0.4) is 0 Å².